The number of nitrogens with zero attached hydrogens (tertiary/aromatic N) is 1. The first-order chi connectivity index (χ1) is 5.26. The highest BCUT2D eigenvalue weighted by Crippen LogP contribution is 1.89. The van der Waals surface area contributed by atoms with E-state index < -0.39 is 0 Å². The Morgan fingerprint density at radius 1 is 1.64 bits per heavy atom. The molecule has 0 aromatic heterocycles. The molecule has 1 N–H and O–H groups in total. The van der Waals surface area contributed by atoms with Crippen molar-refractivity contribution in [2.24, 2.45) is 4.99 Å². The number of amides is 1. The van der Waals surface area contributed by atoms with Gasteiger partial charge in [0.05, 0.1) is 12.7 Å². The van der Waals surface area contributed by atoms with Crippen LogP contribution in [0.2, 0.25) is 0 Å². The largest absolute Gasteiger partial charge is 0.296 e. The van der Waals surface area contributed by atoms with Gasteiger partial charge in [-0.25, -0.2) is 5.48 Å². The minimum Gasteiger partial charge on any atom is -0.296 e. The second-order valence-electron chi connectivity index (χ2n) is 1.77. The molecule has 1 amide bonds. The molecular formula is C7H12N2O2. The lowest BCUT2D eigenvalue weighted by molar-refractivity contribution is -0.126. The molecule has 0 saturated carbocycles. The zero-order chi connectivity index (χ0) is 8.69. The van der Waals surface area contributed by atoms with E-state index in [-0.39, 0.29) is 5.91 Å². The van der Waals surface area contributed by atoms with E-state index >= 15 is 0 Å². The van der Waals surface area contributed by atoms with Crippen molar-refractivity contribution >= 4 is 12.1 Å². The summed E-state index contributed by atoms with van der Waals surface area (Å²) in [7, 11) is 2.98. The Hall–Kier alpha value is -1.16. The van der Waals surface area contributed by atoms with Crippen molar-refractivity contribution in [3.05, 3.63) is 11.6 Å². The van der Waals surface area contributed by atoms with Gasteiger partial charge >= 0.3 is 0 Å². The molecule has 0 radical (unpaired) electrons. The van der Waals surface area contributed by atoms with Crippen LogP contribution in [0.3, 0.4) is 0 Å². The minimum absolute atomic E-state index is 0.291. The highest BCUT2D eigenvalue weighted by atomic mass is 16.6. The lowest BCUT2D eigenvalue weighted by atomic mass is 10.3. The molecule has 0 aliphatic carbocycles. The summed E-state index contributed by atoms with van der Waals surface area (Å²) in [4.78, 5) is 19.1. The van der Waals surface area contributed by atoms with Gasteiger partial charge in [-0.05, 0) is 6.92 Å². The van der Waals surface area contributed by atoms with Crippen molar-refractivity contribution in [2.45, 2.75) is 6.92 Å². The predicted molar refractivity (Wildman–Crippen MR) is 43.3 cm³/mol. The van der Waals surface area contributed by atoms with E-state index in [0.717, 1.165) is 0 Å². The number of hydrogen-bond acceptors (Lipinski definition) is 3. The number of carbonyl (C=O) groups excluding carboxylic acids is 1. The van der Waals surface area contributed by atoms with Gasteiger partial charge in [0.1, 0.15) is 0 Å². The normalized spacial score (nSPS) is 12.1. The molecule has 0 aromatic carbocycles. The Morgan fingerprint density at radius 3 is 2.64 bits per heavy atom. The number of allylic oxidation sites excluding steroid dienone is 1. The third-order valence-electron chi connectivity index (χ3n) is 1.04. The maximum Gasteiger partial charge on any atom is 0.276 e. The van der Waals surface area contributed by atoms with E-state index in [1.54, 1.807) is 20.0 Å². The smallest absolute Gasteiger partial charge is 0.276 e. The van der Waals surface area contributed by atoms with E-state index in [4.69, 9.17) is 0 Å². The standard InChI is InChI=1S/C7H12N2O2/c1-4-6(5-8-2)7(10)9-11-3/h4-5H,1-3H3,(H,9,10)/b6-4+,8-5-. The Labute approximate surface area is 65.9 Å². The van der Waals surface area contributed by atoms with Crippen molar-refractivity contribution in [1.29, 1.82) is 0 Å². The molecule has 0 spiro atoms. The molecule has 11 heavy (non-hydrogen) atoms. The second kappa shape index (κ2) is 5.61. The van der Waals surface area contributed by atoms with Crippen molar-refractivity contribution in [3.8, 4) is 0 Å². The van der Waals surface area contributed by atoms with Gasteiger partial charge in [-0.3, -0.25) is 14.6 Å². The van der Waals surface area contributed by atoms with Crippen LogP contribution in [0.15, 0.2) is 16.6 Å². The van der Waals surface area contributed by atoms with E-state index in [1.165, 1.54) is 13.3 Å². The molecule has 0 aromatic rings. The first kappa shape index (κ1) is 9.84. The van der Waals surface area contributed by atoms with Crippen LogP contribution in [0.25, 0.3) is 0 Å². The fraction of sp³-hybridized carbons (Fsp3) is 0.429. The SMILES string of the molecule is C/C=C(\C=N/C)C(=O)NOC. The molecule has 0 atom stereocenters. The summed E-state index contributed by atoms with van der Waals surface area (Å²) in [5.41, 5.74) is 2.66. The molecule has 0 fully saturated rings. The van der Waals surface area contributed by atoms with E-state index in [0.29, 0.717) is 5.57 Å². The van der Waals surface area contributed by atoms with Gasteiger partial charge < -0.3 is 0 Å². The van der Waals surface area contributed by atoms with Crippen LogP contribution >= 0.6 is 0 Å². The summed E-state index contributed by atoms with van der Waals surface area (Å²) in [6, 6.07) is 0. The fourth-order valence-corrected chi connectivity index (χ4v) is 0.555. The van der Waals surface area contributed by atoms with Crippen LogP contribution in [0.1, 0.15) is 6.92 Å². The van der Waals surface area contributed by atoms with Gasteiger partial charge in [-0.2, -0.15) is 0 Å². The first-order valence-corrected chi connectivity index (χ1v) is 3.18. The van der Waals surface area contributed by atoms with Gasteiger partial charge in [0.15, 0.2) is 0 Å². The Balaban J connectivity index is 4.16. The van der Waals surface area contributed by atoms with Crippen LogP contribution in [0.4, 0.5) is 0 Å². The second-order valence-corrected chi connectivity index (χ2v) is 1.77. The quantitative estimate of drug-likeness (QED) is 0.363. The Morgan fingerprint density at radius 2 is 2.27 bits per heavy atom. The fourth-order valence-electron chi connectivity index (χ4n) is 0.555. The molecule has 0 aliphatic heterocycles. The summed E-state index contributed by atoms with van der Waals surface area (Å²) in [5, 5.41) is 0. The minimum atomic E-state index is -0.291. The third-order valence-corrected chi connectivity index (χ3v) is 1.04. The topological polar surface area (TPSA) is 50.7 Å². The Kier molecular flexibility index (Phi) is 5.02. The summed E-state index contributed by atoms with van der Waals surface area (Å²) in [5.74, 6) is -0.291. The number of hydroxylamine groups is 1. The molecule has 62 valence electrons. The maximum absolute atomic E-state index is 11.0. The summed E-state index contributed by atoms with van der Waals surface area (Å²) in [6.45, 7) is 1.76. The lowest BCUT2D eigenvalue weighted by Crippen LogP contribution is -2.24. The van der Waals surface area contributed by atoms with E-state index in [1.807, 2.05) is 0 Å². The predicted octanol–water partition coefficient (Wildman–Crippen LogP) is 0.311. The Bertz CT molecular complexity index is 185. The molecule has 0 rings (SSSR count). The van der Waals surface area contributed by atoms with Gasteiger partial charge in [0, 0.05) is 13.3 Å². The average Bonchev–Trinajstić information content (AvgIpc) is 2.00. The maximum atomic E-state index is 11.0. The lowest BCUT2D eigenvalue weighted by Gasteiger charge is -1.99. The van der Waals surface area contributed by atoms with Gasteiger partial charge in [-0.15, -0.1) is 0 Å². The molecular weight excluding hydrogens is 144 g/mol. The summed E-state index contributed by atoms with van der Waals surface area (Å²) < 4.78 is 0. The van der Waals surface area contributed by atoms with Gasteiger partial charge in [0.2, 0.25) is 0 Å². The number of rotatable bonds is 3. The van der Waals surface area contributed by atoms with Gasteiger partial charge in [0.25, 0.3) is 5.91 Å². The highest BCUT2D eigenvalue weighted by Gasteiger charge is 2.02. The molecule has 0 unspecified atom stereocenters. The number of carbonyl (C=O) groups is 1. The molecule has 4 nitrogen and oxygen atoms in total. The highest BCUT2D eigenvalue weighted by molar-refractivity contribution is 6.11. The van der Waals surface area contributed by atoms with Crippen LogP contribution in [0, 0.1) is 0 Å². The number of nitrogens with one attached hydrogen (secondary N) is 1. The zero-order valence-corrected chi connectivity index (χ0v) is 6.92. The van der Waals surface area contributed by atoms with Crippen molar-refractivity contribution in [3.63, 3.8) is 0 Å². The third kappa shape index (κ3) is 3.52. The van der Waals surface area contributed by atoms with Gasteiger partial charge in [-0.1, -0.05) is 6.08 Å². The number of aliphatic imine (C=N–C) groups is 1. The average molecular weight is 156 g/mol. The summed E-state index contributed by atoms with van der Waals surface area (Å²) in [6.07, 6.45) is 3.12. The monoisotopic (exact) mass is 156 g/mol. The van der Waals surface area contributed by atoms with Crippen molar-refractivity contribution in [1.82, 2.24) is 5.48 Å². The van der Waals surface area contributed by atoms with Crippen LogP contribution < -0.4 is 5.48 Å². The number of hydrogen-bond donors (Lipinski definition) is 1. The first-order valence-electron chi connectivity index (χ1n) is 3.18. The van der Waals surface area contributed by atoms with Crippen LogP contribution in [-0.2, 0) is 9.63 Å². The molecule has 0 aliphatic rings. The van der Waals surface area contributed by atoms with Crippen LogP contribution in [-0.4, -0.2) is 26.3 Å². The zero-order valence-electron chi connectivity index (χ0n) is 6.92. The van der Waals surface area contributed by atoms with Crippen LogP contribution in [0.5, 0.6) is 0 Å². The van der Waals surface area contributed by atoms with E-state index in [2.05, 4.69) is 15.3 Å². The molecule has 4 heteroatoms. The van der Waals surface area contributed by atoms with Crippen molar-refractivity contribution in [2.75, 3.05) is 14.2 Å². The molecule has 0 saturated heterocycles. The van der Waals surface area contributed by atoms with E-state index in [9.17, 15) is 4.79 Å². The van der Waals surface area contributed by atoms with Crippen molar-refractivity contribution < 1.29 is 9.63 Å². The molecule has 0 heterocycles. The summed E-state index contributed by atoms with van der Waals surface area (Å²) >= 11 is 0. The molecule has 0 bridgehead atoms.